The van der Waals surface area contributed by atoms with Crippen LogP contribution in [-0.2, 0) is 17.8 Å². The van der Waals surface area contributed by atoms with E-state index in [0.29, 0.717) is 12.5 Å². The van der Waals surface area contributed by atoms with Crippen LogP contribution in [0.25, 0.3) is 0 Å². The summed E-state index contributed by atoms with van der Waals surface area (Å²) in [5, 5.41) is 6.43. The molecule has 2 N–H and O–H groups in total. The van der Waals surface area contributed by atoms with Gasteiger partial charge in [-0.25, -0.2) is 4.99 Å². The number of halogens is 1. The van der Waals surface area contributed by atoms with Crippen molar-refractivity contribution in [1.29, 1.82) is 0 Å². The maximum Gasteiger partial charge on any atom is 0.241 e. The zero-order chi connectivity index (χ0) is 18.8. The minimum absolute atomic E-state index is 0. The Kier molecular flexibility index (Phi) is 10.5. The first kappa shape index (κ1) is 23.0. The summed E-state index contributed by atoms with van der Waals surface area (Å²) in [6.07, 6.45) is 0.897. The van der Waals surface area contributed by atoms with E-state index in [4.69, 9.17) is 0 Å². The maximum absolute atomic E-state index is 11.8. The first-order valence-corrected chi connectivity index (χ1v) is 8.86. The molecule has 2 rings (SSSR count). The molecule has 0 atom stereocenters. The number of hydrogen-bond acceptors (Lipinski definition) is 2. The smallest absolute Gasteiger partial charge is 0.241 e. The second-order valence-corrected chi connectivity index (χ2v) is 6.45. The number of guanidine groups is 1. The molecule has 6 heteroatoms. The largest absolute Gasteiger partial charge is 0.356 e. The standard InChI is InChI=1S/C21H28N4O.HI/c1-17-9-11-19(12-10-17)15-23-21(24-16-20(26)25(2)3)22-14-13-18-7-5-4-6-8-18;/h4-12H,13-16H2,1-3H3,(H2,22,23,24);1H. The van der Waals surface area contributed by atoms with E-state index >= 15 is 0 Å². The van der Waals surface area contributed by atoms with E-state index in [9.17, 15) is 4.79 Å². The van der Waals surface area contributed by atoms with Crippen LogP contribution >= 0.6 is 24.0 Å². The molecule has 0 aliphatic rings. The van der Waals surface area contributed by atoms with Gasteiger partial charge in [0.1, 0.15) is 0 Å². The minimum Gasteiger partial charge on any atom is -0.356 e. The topological polar surface area (TPSA) is 56.7 Å². The lowest BCUT2D eigenvalue weighted by Gasteiger charge is -2.15. The van der Waals surface area contributed by atoms with Crippen molar-refractivity contribution in [1.82, 2.24) is 15.5 Å². The van der Waals surface area contributed by atoms with Crippen LogP contribution in [0.3, 0.4) is 0 Å². The van der Waals surface area contributed by atoms with E-state index in [1.807, 2.05) is 18.2 Å². The lowest BCUT2D eigenvalue weighted by Crippen LogP contribution is -2.43. The third-order valence-corrected chi connectivity index (χ3v) is 4.00. The van der Waals surface area contributed by atoms with Crippen molar-refractivity contribution in [2.24, 2.45) is 4.99 Å². The van der Waals surface area contributed by atoms with E-state index in [-0.39, 0.29) is 36.4 Å². The molecule has 0 aliphatic heterocycles. The molecule has 27 heavy (non-hydrogen) atoms. The van der Waals surface area contributed by atoms with Crippen LogP contribution in [0, 0.1) is 6.92 Å². The van der Waals surface area contributed by atoms with E-state index < -0.39 is 0 Å². The van der Waals surface area contributed by atoms with Crippen LogP contribution in [0.5, 0.6) is 0 Å². The molecule has 2 aromatic carbocycles. The zero-order valence-electron chi connectivity index (χ0n) is 16.2. The fourth-order valence-electron chi connectivity index (χ4n) is 2.33. The molecule has 0 aliphatic carbocycles. The first-order chi connectivity index (χ1) is 12.5. The molecule has 1 amide bonds. The lowest BCUT2D eigenvalue weighted by atomic mass is 10.1. The molecule has 5 nitrogen and oxygen atoms in total. The molecule has 0 bridgehead atoms. The van der Waals surface area contributed by atoms with Crippen molar-refractivity contribution >= 4 is 35.8 Å². The van der Waals surface area contributed by atoms with Crippen molar-refractivity contribution in [3.05, 3.63) is 71.3 Å². The van der Waals surface area contributed by atoms with Gasteiger partial charge in [-0.15, -0.1) is 24.0 Å². The van der Waals surface area contributed by atoms with E-state index in [1.165, 1.54) is 11.1 Å². The number of amides is 1. The molecule has 0 saturated carbocycles. The van der Waals surface area contributed by atoms with Crippen LogP contribution in [0.1, 0.15) is 16.7 Å². The number of aryl methyl sites for hydroxylation is 1. The number of nitrogens with zero attached hydrogens (tertiary/aromatic N) is 2. The van der Waals surface area contributed by atoms with Crippen molar-refractivity contribution < 1.29 is 4.79 Å². The normalized spacial score (nSPS) is 10.7. The molecule has 0 spiro atoms. The quantitative estimate of drug-likeness (QED) is 0.364. The van der Waals surface area contributed by atoms with Crippen LogP contribution < -0.4 is 10.6 Å². The number of hydrogen-bond donors (Lipinski definition) is 2. The van der Waals surface area contributed by atoms with Crippen LogP contribution in [0.15, 0.2) is 59.6 Å². The second kappa shape index (κ2) is 12.3. The van der Waals surface area contributed by atoms with Gasteiger partial charge in [0.2, 0.25) is 5.91 Å². The number of aliphatic imine (C=N–C) groups is 1. The molecule has 146 valence electrons. The highest BCUT2D eigenvalue weighted by Crippen LogP contribution is 2.04. The van der Waals surface area contributed by atoms with Crippen molar-refractivity contribution in [3.8, 4) is 0 Å². The van der Waals surface area contributed by atoms with Gasteiger partial charge in [-0.1, -0.05) is 60.2 Å². The highest BCUT2D eigenvalue weighted by atomic mass is 127. The van der Waals surface area contributed by atoms with Crippen molar-refractivity contribution in [3.63, 3.8) is 0 Å². The average Bonchev–Trinajstić information content (AvgIpc) is 2.65. The monoisotopic (exact) mass is 480 g/mol. The van der Waals surface area contributed by atoms with Gasteiger partial charge in [0.15, 0.2) is 5.96 Å². The highest BCUT2D eigenvalue weighted by molar-refractivity contribution is 14.0. The Morgan fingerprint density at radius 1 is 0.963 bits per heavy atom. The minimum atomic E-state index is 0. The summed E-state index contributed by atoms with van der Waals surface area (Å²) in [4.78, 5) is 18.0. The number of carbonyl (C=O) groups is 1. The predicted octanol–water partition coefficient (Wildman–Crippen LogP) is 2.98. The molecule has 0 fully saturated rings. The number of carbonyl (C=O) groups excluding carboxylic acids is 1. The summed E-state index contributed by atoms with van der Waals surface area (Å²) in [5.41, 5.74) is 3.63. The van der Waals surface area contributed by atoms with Gasteiger partial charge in [0.05, 0.1) is 13.1 Å². The second-order valence-electron chi connectivity index (χ2n) is 6.45. The molecule has 0 aromatic heterocycles. The molecule has 0 radical (unpaired) electrons. The lowest BCUT2D eigenvalue weighted by molar-refractivity contribution is -0.127. The summed E-state index contributed by atoms with van der Waals surface area (Å²) in [5.74, 6) is 0.662. The number of rotatable bonds is 7. The Morgan fingerprint density at radius 2 is 1.63 bits per heavy atom. The van der Waals surface area contributed by atoms with E-state index in [0.717, 1.165) is 18.5 Å². The van der Waals surface area contributed by atoms with Gasteiger partial charge in [-0.05, 0) is 24.5 Å². The van der Waals surface area contributed by atoms with Crippen LogP contribution in [-0.4, -0.2) is 44.0 Å². The zero-order valence-corrected chi connectivity index (χ0v) is 18.6. The summed E-state index contributed by atoms with van der Waals surface area (Å²) < 4.78 is 0. The van der Waals surface area contributed by atoms with E-state index in [1.54, 1.807) is 19.0 Å². The molecular formula is C21H29IN4O. The number of benzene rings is 2. The summed E-state index contributed by atoms with van der Waals surface area (Å²) in [6, 6.07) is 18.6. The van der Waals surface area contributed by atoms with Gasteiger partial charge < -0.3 is 15.5 Å². The predicted molar refractivity (Wildman–Crippen MR) is 123 cm³/mol. The third-order valence-electron chi connectivity index (χ3n) is 4.00. The van der Waals surface area contributed by atoms with Crippen LogP contribution in [0.2, 0.25) is 0 Å². The Morgan fingerprint density at radius 3 is 2.26 bits per heavy atom. The number of nitrogens with one attached hydrogen (secondary N) is 2. The van der Waals surface area contributed by atoms with Gasteiger partial charge >= 0.3 is 0 Å². The molecule has 0 saturated heterocycles. The Labute approximate surface area is 179 Å². The summed E-state index contributed by atoms with van der Waals surface area (Å²) in [7, 11) is 3.49. The Bertz CT molecular complexity index is 715. The van der Waals surface area contributed by atoms with Gasteiger partial charge in [-0.2, -0.15) is 0 Å². The van der Waals surface area contributed by atoms with Crippen molar-refractivity contribution in [2.45, 2.75) is 19.9 Å². The average molecular weight is 480 g/mol. The summed E-state index contributed by atoms with van der Waals surface area (Å²) in [6.45, 7) is 3.60. The Hall–Kier alpha value is -2.09. The third kappa shape index (κ3) is 8.90. The highest BCUT2D eigenvalue weighted by Gasteiger charge is 2.06. The van der Waals surface area contributed by atoms with Gasteiger partial charge in [0.25, 0.3) is 0 Å². The fourth-order valence-corrected chi connectivity index (χ4v) is 2.33. The van der Waals surface area contributed by atoms with E-state index in [2.05, 4.69) is 58.9 Å². The first-order valence-electron chi connectivity index (χ1n) is 8.86. The summed E-state index contributed by atoms with van der Waals surface area (Å²) >= 11 is 0. The SMILES string of the molecule is Cc1ccc(CN=C(NCCc2ccccc2)NCC(=O)N(C)C)cc1.I. The van der Waals surface area contributed by atoms with Crippen LogP contribution in [0.4, 0.5) is 0 Å². The molecule has 0 unspecified atom stereocenters. The number of likely N-dealkylation sites (N-methyl/N-ethyl adjacent to an activating group) is 1. The fraction of sp³-hybridized carbons (Fsp3) is 0.333. The van der Waals surface area contributed by atoms with Gasteiger partial charge in [0, 0.05) is 20.6 Å². The Balaban J connectivity index is 0.00000364. The van der Waals surface area contributed by atoms with Crippen molar-refractivity contribution in [2.75, 3.05) is 27.2 Å². The molecule has 2 aromatic rings. The van der Waals surface area contributed by atoms with Gasteiger partial charge in [-0.3, -0.25) is 4.79 Å². The maximum atomic E-state index is 11.8. The molecular weight excluding hydrogens is 451 g/mol. The molecule has 0 heterocycles.